The Morgan fingerprint density at radius 1 is 0.800 bits per heavy atom. The summed E-state index contributed by atoms with van der Waals surface area (Å²) in [5.41, 5.74) is 0. The molecule has 0 amide bonds. The van der Waals surface area contributed by atoms with Crippen molar-refractivity contribution < 1.29 is 33.3 Å². The molecular formula is C32H27O7S+. The maximum Gasteiger partial charge on any atom is 0.513 e. The van der Waals surface area contributed by atoms with Crippen molar-refractivity contribution in [3.8, 4) is 22.1 Å². The summed E-state index contributed by atoms with van der Waals surface area (Å²) in [7, 11) is -0.157. The number of esters is 1. The van der Waals surface area contributed by atoms with Crippen LogP contribution in [0.3, 0.4) is 0 Å². The summed E-state index contributed by atoms with van der Waals surface area (Å²) in [4.78, 5) is 24.8. The van der Waals surface area contributed by atoms with Crippen LogP contribution in [0.2, 0.25) is 0 Å². The zero-order valence-electron chi connectivity index (χ0n) is 21.6. The van der Waals surface area contributed by atoms with Crippen LogP contribution in [-0.2, 0) is 19.0 Å². The van der Waals surface area contributed by atoms with Gasteiger partial charge in [-0.1, -0.05) is 24.3 Å². The van der Waals surface area contributed by atoms with E-state index in [0.717, 1.165) is 0 Å². The van der Waals surface area contributed by atoms with Gasteiger partial charge in [0.15, 0.2) is 14.3 Å². The molecule has 1 aliphatic heterocycles. The average Bonchev–Trinajstić information content (AvgIpc) is 3.31. The summed E-state index contributed by atoms with van der Waals surface area (Å²) in [5.74, 6) is 1.36. The van der Waals surface area contributed by atoms with Crippen molar-refractivity contribution in [2.24, 2.45) is 0 Å². The van der Waals surface area contributed by atoms with Crippen molar-refractivity contribution in [1.29, 1.82) is 0 Å². The van der Waals surface area contributed by atoms with E-state index in [1.165, 1.54) is 25.1 Å². The van der Waals surface area contributed by atoms with Gasteiger partial charge in [0.2, 0.25) is 0 Å². The fourth-order valence-electron chi connectivity index (χ4n) is 4.62. The first-order valence-electron chi connectivity index (χ1n) is 13.1. The molecule has 1 unspecified atom stereocenters. The Hall–Kier alpha value is -4.40. The Labute approximate surface area is 233 Å². The van der Waals surface area contributed by atoms with Crippen LogP contribution in [0.5, 0.6) is 17.2 Å². The summed E-state index contributed by atoms with van der Waals surface area (Å²) in [6.07, 6.45) is -0.483. The molecule has 1 aliphatic rings. The van der Waals surface area contributed by atoms with Crippen LogP contribution in [0.15, 0.2) is 97.1 Å². The molecule has 8 heteroatoms. The van der Waals surface area contributed by atoms with Gasteiger partial charge in [0, 0.05) is 46.4 Å². The number of ether oxygens (including phenoxy) is 5. The first-order chi connectivity index (χ1) is 19.6. The SMILES string of the molecule is O=C1CCCOC(COC(=O)Oc2ccc(Oc3ccc(-[s+]4c5ccccc5c5ccccc54)cc3)cc2)CO1. The largest absolute Gasteiger partial charge is 0.513 e. The number of hydrogen-bond donors (Lipinski definition) is 0. The molecule has 0 saturated carbocycles. The molecule has 202 valence electrons. The van der Waals surface area contributed by atoms with Crippen molar-refractivity contribution in [3.63, 3.8) is 0 Å². The molecule has 1 aromatic heterocycles. The van der Waals surface area contributed by atoms with E-state index < -0.39 is 12.3 Å². The van der Waals surface area contributed by atoms with Crippen LogP contribution >= 0.6 is 10.5 Å². The van der Waals surface area contributed by atoms with Crippen LogP contribution < -0.4 is 9.47 Å². The van der Waals surface area contributed by atoms with E-state index in [2.05, 4.69) is 60.7 Å². The van der Waals surface area contributed by atoms with Crippen molar-refractivity contribution in [2.75, 3.05) is 19.8 Å². The van der Waals surface area contributed by atoms with Gasteiger partial charge in [0.1, 0.15) is 36.6 Å². The van der Waals surface area contributed by atoms with E-state index >= 15 is 0 Å². The molecule has 0 aliphatic carbocycles. The Balaban J connectivity index is 1.07. The normalized spacial score (nSPS) is 15.7. The smallest absolute Gasteiger partial charge is 0.463 e. The summed E-state index contributed by atoms with van der Waals surface area (Å²) in [6.45, 7) is 0.383. The summed E-state index contributed by atoms with van der Waals surface area (Å²) < 4.78 is 29.7. The highest BCUT2D eigenvalue weighted by atomic mass is 32.2. The van der Waals surface area contributed by atoms with Gasteiger partial charge >= 0.3 is 12.1 Å². The number of carbonyl (C=O) groups excluding carboxylic acids is 2. The van der Waals surface area contributed by atoms with Crippen molar-refractivity contribution in [1.82, 2.24) is 0 Å². The molecule has 4 aromatic carbocycles. The number of rotatable bonds is 6. The summed E-state index contributed by atoms with van der Waals surface area (Å²) in [6, 6.07) is 32.1. The van der Waals surface area contributed by atoms with Crippen LogP contribution in [0.25, 0.3) is 25.1 Å². The summed E-state index contributed by atoms with van der Waals surface area (Å²) in [5, 5.41) is 2.60. The van der Waals surface area contributed by atoms with Crippen molar-refractivity contribution >= 4 is 42.8 Å². The minimum absolute atomic E-state index is 0.0425. The number of cyclic esters (lactones) is 1. The van der Waals surface area contributed by atoms with E-state index in [0.29, 0.717) is 36.7 Å². The third kappa shape index (κ3) is 5.78. The van der Waals surface area contributed by atoms with Crippen LogP contribution in [0.1, 0.15) is 12.8 Å². The van der Waals surface area contributed by atoms with Crippen molar-refractivity contribution in [2.45, 2.75) is 18.9 Å². The highest BCUT2D eigenvalue weighted by molar-refractivity contribution is 7.50. The zero-order valence-corrected chi connectivity index (χ0v) is 22.4. The third-order valence-corrected chi connectivity index (χ3v) is 8.86. The number of fused-ring (bicyclic) bond motifs is 3. The molecule has 6 rings (SSSR count). The molecule has 7 nitrogen and oxygen atoms in total. The standard InChI is InChI=1S/C32H27O7S/c33-31-10-5-19-35-25(20-36-31)21-37-32(34)39-24-13-11-22(12-14-24)38-23-15-17-26(18-16-23)40-29-8-3-1-6-27(29)28-7-2-4-9-30(28)40/h1-4,6-9,11-18,25H,5,10,19-21H2/q+1. The molecular weight excluding hydrogens is 528 g/mol. The molecule has 0 spiro atoms. The van der Waals surface area contributed by atoms with Gasteiger partial charge in [-0.15, -0.1) is 0 Å². The minimum Gasteiger partial charge on any atom is -0.463 e. The summed E-state index contributed by atoms with van der Waals surface area (Å²) >= 11 is 0. The van der Waals surface area contributed by atoms with E-state index in [1.807, 2.05) is 12.1 Å². The average molecular weight is 556 g/mol. The van der Waals surface area contributed by atoms with Crippen LogP contribution in [0.4, 0.5) is 4.79 Å². The van der Waals surface area contributed by atoms with E-state index in [-0.39, 0.29) is 29.7 Å². The van der Waals surface area contributed by atoms with Crippen LogP contribution in [-0.4, -0.2) is 38.0 Å². The lowest BCUT2D eigenvalue weighted by molar-refractivity contribution is -0.153. The highest BCUT2D eigenvalue weighted by Gasteiger charge is 2.23. The molecule has 2 heterocycles. The Bertz CT molecular complexity index is 1590. The number of benzene rings is 4. The predicted octanol–water partition coefficient (Wildman–Crippen LogP) is 7.76. The predicted molar refractivity (Wildman–Crippen MR) is 154 cm³/mol. The maximum atomic E-state index is 12.1. The third-order valence-electron chi connectivity index (χ3n) is 6.52. The number of carbonyl (C=O) groups is 2. The second kappa shape index (κ2) is 11.8. The maximum absolute atomic E-state index is 12.1. The molecule has 1 saturated heterocycles. The van der Waals surface area contributed by atoms with Gasteiger partial charge in [-0.05, 0) is 67.1 Å². The Kier molecular flexibility index (Phi) is 7.61. The van der Waals surface area contributed by atoms with Gasteiger partial charge in [-0.2, -0.15) is 0 Å². The fraction of sp³-hybridized carbons (Fsp3) is 0.188. The van der Waals surface area contributed by atoms with Gasteiger partial charge in [0.25, 0.3) is 0 Å². The first kappa shape index (κ1) is 25.9. The Morgan fingerprint density at radius 3 is 2.08 bits per heavy atom. The molecule has 0 radical (unpaired) electrons. The molecule has 0 N–H and O–H groups in total. The van der Waals surface area contributed by atoms with Crippen LogP contribution in [0, 0.1) is 0 Å². The second-order valence-corrected chi connectivity index (χ2v) is 11.2. The van der Waals surface area contributed by atoms with E-state index in [4.69, 9.17) is 23.7 Å². The monoisotopic (exact) mass is 555 g/mol. The number of thiophene rings is 1. The molecule has 1 fully saturated rings. The van der Waals surface area contributed by atoms with Crippen molar-refractivity contribution in [3.05, 3.63) is 97.1 Å². The molecule has 0 bridgehead atoms. The fourth-order valence-corrected chi connectivity index (χ4v) is 7.00. The Morgan fingerprint density at radius 2 is 1.40 bits per heavy atom. The number of hydrogen-bond acceptors (Lipinski definition) is 7. The van der Waals surface area contributed by atoms with E-state index in [1.54, 1.807) is 24.3 Å². The van der Waals surface area contributed by atoms with E-state index in [9.17, 15) is 9.59 Å². The van der Waals surface area contributed by atoms with Gasteiger partial charge in [-0.3, -0.25) is 4.79 Å². The van der Waals surface area contributed by atoms with Gasteiger partial charge in [-0.25, -0.2) is 4.79 Å². The minimum atomic E-state index is -0.864. The zero-order chi connectivity index (χ0) is 27.3. The highest BCUT2D eigenvalue weighted by Crippen LogP contribution is 2.48. The van der Waals surface area contributed by atoms with Gasteiger partial charge in [0.05, 0.1) is 0 Å². The lowest BCUT2D eigenvalue weighted by atomic mass is 10.2. The lowest BCUT2D eigenvalue weighted by Gasteiger charge is -2.20. The van der Waals surface area contributed by atoms with Gasteiger partial charge < -0.3 is 23.7 Å². The lowest BCUT2D eigenvalue weighted by Crippen LogP contribution is -2.31. The molecule has 40 heavy (non-hydrogen) atoms. The molecule has 5 aromatic rings. The first-order valence-corrected chi connectivity index (χ1v) is 14.3. The second-order valence-electron chi connectivity index (χ2n) is 9.29. The topological polar surface area (TPSA) is 80.3 Å². The quantitative estimate of drug-likeness (QED) is 0.120. The molecule has 1 atom stereocenters.